The highest BCUT2D eigenvalue weighted by Crippen LogP contribution is 2.49. The molecular weight excluding hydrogens is 316 g/mol. The van der Waals surface area contributed by atoms with E-state index in [1.807, 2.05) is 6.92 Å². The van der Waals surface area contributed by atoms with Gasteiger partial charge >= 0.3 is 5.97 Å². The van der Waals surface area contributed by atoms with Crippen molar-refractivity contribution >= 4 is 23.6 Å². The van der Waals surface area contributed by atoms with Gasteiger partial charge in [0, 0.05) is 6.04 Å². The molecule has 7 heteroatoms. The van der Waals surface area contributed by atoms with E-state index in [0.717, 1.165) is 31.4 Å². The van der Waals surface area contributed by atoms with Gasteiger partial charge in [0.2, 0.25) is 5.91 Å². The van der Waals surface area contributed by atoms with Crippen molar-refractivity contribution in [3.05, 3.63) is 10.7 Å². The molecule has 2 aliphatic heterocycles. The van der Waals surface area contributed by atoms with Crippen molar-refractivity contribution < 1.29 is 19.8 Å². The van der Waals surface area contributed by atoms with Crippen molar-refractivity contribution in [1.29, 1.82) is 0 Å². The van der Waals surface area contributed by atoms with E-state index in [-0.39, 0.29) is 23.8 Å². The predicted molar refractivity (Wildman–Crippen MR) is 87.3 cm³/mol. The number of rotatable bonds is 5. The second-order valence-electron chi connectivity index (χ2n) is 6.48. The first kappa shape index (κ1) is 16.6. The van der Waals surface area contributed by atoms with Crippen LogP contribution in [-0.4, -0.2) is 56.0 Å². The molecule has 128 valence electrons. The van der Waals surface area contributed by atoms with E-state index in [1.54, 1.807) is 6.92 Å². The maximum absolute atomic E-state index is 12.4. The van der Waals surface area contributed by atoms with Crippen molar-refractivity contribution in [3.63, 3.8) is 0 Å². The van der Waals surface area contributed by atoms with Crippen molar-refractivity contribution in [2.75, 3.05) is 5.75 Å². The quantitative estimate of drug-likeness (QED) is 0.743. The van der Waals surface area contributed by atoms with E-state index in [0.29, 0.717) is 5.03 Å². The molecule has 23 heavy (non-hydrogen) atoms. The van der Waals surface area contributed by atoms with Gasteiger partial charge in [-0.2, -0.15) is 0 Å². The minimum atomic E-state index is -1.05. The predicted octanol–water partition coefficient (Wildman–Crippen LogP) is 1.81. The molecule has 1 unspecified atom stereocenters. The Balaban J connectivity index is 2.00. The zero-order valence-electron chi connectivity index (χ0n) is 13.6. The molecule has 3 atom stereocenters. The highest BCUT2D eigenvalue weighted by atomic mass is 32.2. The van der Waals surface area contributed by atoms with E-state index in [1.165, 1.54) is 23.1 Å². The molecule has 0 radical (unpaired) electrons. The summed E-state index contributed by atoms with van der Waals surface area (Å²) in [6, 6.07) is 0.261. The van der Waals surface area contributed by atoms with Crippen LogP contribution in [0.4, 0.5) is 0 Å². The van der Waals surface area contributed by atoms with Gasteiger partial charge in [-0.1, -0.05) is 26.2 Å². The van der Waals surface area contributed by atoms with E-state index >= 15 is 0 Å². The molecule has 1 saturated carbocycles. The summed E-state index contributed by atoms with van der Waals surface area (Å²) in [5.41, 5.74) is 0.106. The molecule has 0 aromatic heterocycles. The van der Waals surface area contributed by atoms with Crippen LogP contribution in [0.2, 0.25) is 0 Å². The van der Waals surface area contributed by atoms with Gasteiger partial charge in [0.15, 0.2) is 5.70 Å². The maximum Gasteiger partial charge on any atom is 0.355 e. The molecule has 3 rings (SSSR count). The largest absolute Gasteiger partial charge is 0.476 e. The van der Waals surface area contributed by atoms with Crippen LogP contribution in [0.25, 0.3) is 0 Å². The summed E-state index contributed by atoms with van der Waals surface area (Å²) in [6.45, 7) is 3.60. The lowest BCUT2D eigenvalue weighted by Crippen LogP contribution is -2.67. The molecule has 1 amide bonds. The summed E-state index contributed by atoms with van der Waals surface area (Å²) >= 11 is 1.49. The first-order valence-corrected chi connectivity index (χ1v) is 9.37. The number of fused-ring (bicyclic) bond motifs is 1. The van der Waals surface area contributed by atoms with Crippen LogP contribution in [-0.2, 0) is 9.59 Å². The first-order valence-electron chi connectivity index (χ1n) is 8.38. The molecule has 1 aliphatic carbocycles. The molecule has 2 fully saturated rings. The van der Waals surface area contributed by atoms with Crippen LogP contribution in [0.5, 0.6) is 0 Å². The number of thioether (sulfide) groups is 1. The SMILES string of the molecule is CCSC1=C(C(=O)O)N2C(=O)[C@H](C(C)O)[C@@H]2N1C1CCCCC1. The minimum absolute atomic E-state index is 0.106. The molecule has 2 heterocycles. The van der Waals surface area contributed by atoms with E-state index in [2.05, 4.69) is 4.90 Å². The zero-order valence-corrected chi connectivity index (χ0v) is 14.4. The lowest BCUT2D eigenvalue weighted by atomic mass is 9.86. The number of nitrogens with zero attached hydrogens (tertiary/aromatic N) is 2. The Morgan fingerprint density at radius 2 is 2.00 bits per heavy atom. The number of carboxylic acid groups (broad SMARTS) is 1. The monoisotopic (exact) mass is 340 g/mol. The van der Waals surface area contributed by atoms with Crippen molar-refractivity contribution in [3.8, 4) is 0 Å². The summed E-state index contributed by atoms with van der Waals surface area (Å²) in [4.78, 5) is 27.7. The Bertz CT molecular complexity index is 542. The fraction of sp³-hybridized carbons (Fsp3) is 0.750. The summed E-state index contributed by atoms with van der Waals surface area (Å²) in [5.74, 6) is -1.10. The van der Waals surface area contributed by atoms with Crippen LogP contribution in [0.15, 0.2) is 10.7 Å². The number of aliphatic hydroxyl groups excluding tert-OH is 1. The summed E-state index contributed by atoms with van der Waals surface area (Å²) in [7, 11) is 0. The highest BCUT2D eigenvalue weighted by Gasteiger charge is 2.61. The minimum Gasteiger partial charge on any atom is -0.476 e. The number of carbonyl (C=O) groups excluding carboxylic acids is 1. The van der Waals surface area contributed by atoms with Crippen LogP contribution in [0, 0.1) is 5.92 Å². The Hall–Kier alpha value is -1.21. The fourth-order valence-electron chi connectivity index (χ4n) is 4.05. The second kappa shape index (κ2) is 6.36. The third-order valence-corrected chi connectivity index (χ3v) is 6.01. The molecule has 0 aromatic rings. The number of hydrogen-bond acceptors (Lipinski definition) is 5. The van der Waals surface area contributed by atoms with Crippen molar-refractivity contribution in [1.82, 2.24) is 9.80 Å². The number of amides is 1. The van der Waals surface area contributed by atoms with Crippen LogP contribution >= 0.6 is 11.8 Å². The highest BCUT2D eigenvalue weighted by molar-refractivity contribution is 8.03. The molecule has 0 spiro atoms. The Kier molecular flexibility index (Phi) is 4.60. The second-order valence-corrected chi connectivity index (χ2v) is 7.73. The van der Waals surface area contributed by atoms with Gasteiger partial charge in [0.25, 0.3) is 0 Å². The number of hydrogen-bond donors (Lipinski definition) is 2. The van der Waals surface area contributed by atoms with Crippen molar-refractivity contribution in [2.45, 2.75) is 64.3 Å². The molecule has 0 bridgehead atoms. The summed E-state index contributed by atoms with van der Waals surface area (Å²) in [5, 5.41) is 20.3. The molecule has 3 aliphatic rings. The van der Waals surface area contributed by atoms with Gasteiger partial charge in [-0.15, -0.1) is 11.8 Å². The van der Waals surface area contributed by atoms with Crippen LogP contribution < -0.4 is 0 Å². The fourth-order valence-corrected chi connectivity index (χ4v) is 5.05. The Morgan fingerprint density at radius 3 is 2.52 bits per heavy atom. The lowest BCUT2D eigenvalue weighted by Gasteiger charge is -2.50. The van der Waals surface area contributed by atoms with Crippen LogP contribution in [0.1, 0.15) is 46.0 Å². The molecule has 0 aromatic carbocycles. The molecule has 6 nitrogen and oxygen atoms in total. The lowest BCUT2D eigenvalue weighted by molar-refractivity contribution is -0.171. The van der Waals surface area contributed by atoms with Gasteiger partial charge < -0.3 is 15.1 Å². The summed E-state index contributed by atoms with van der Waals surface area (Å²) in [6.07, 6.45) is 4.42. The number of aliphatic carboxylic acids is 1. The zero-order chi connectivity index (χ0) is 16.7. The third kappa shape index (κ3) is 2.54. The molecular formula is C16H24N2O4S. The molecule has 1 saturated heterocycles. The Morgan fingerprint density at radius 1 is 1.35 bits per heavy atom. The van der Waals surface area contributed by atoms with E-state index < -0.39 is 18.0 Å². The van der Waals surface area contributed by atoms with Gasteiger partial charge in [0.1, 0.15) is 17.1 Å². The average molecular weight is 340 g/mol. The van der Waals surface area contributed by atoms with Crippen LogP contribution in [0.3, 0.4) is 0 Å². The topological polar surface area (TPSA) is 81.1 Å². The van der Waals surface area contributed by atoms with Gasteiger partial charge in [-0.05, 0) is 25.5 Å². The Labute approximate surface area is 140 Å². The third-order valence-electron chi connectivity index (χ3n) is 5.04. The number of β-lactam (4-membered cyclic amide) rings is 1. The van der Waals surface area contributed by atoms with Gasteiger partial charge in [0.05, 0.1) is 6.10 Å². The maximum atomic E-state index is 12.4. The van der Waals surface area contributed by atoms with E-state index in [4.69, 9.17) is 0 Å². The normalized spacial score (nSPS) is 29.6. The number of aliphatic hydroxyl groups is 1. The first-order chi connectivity index (χ1) is 11.0. The number of carboxylic acids is 1. The average Bonchev–Trinajstić information content (AvgIpc) is 2.79. The number of carbonyl (C=O) groups is 2. The smallest absolute Gasteiger partial charge is 0.355 e. The van der Waals surface area contributed by atoms with Gasteiger partial charge in [-0.25, -0.2) is 4.79 Å². The van der Waals surface area contributed by atoms with Crippen molar-refractivity contribution in [2.24, 2.45) is 5.92 Å². The summed E-state index contributed by atoms with van der Waals surface area (Å²) < 4.78 is 0. The van der Waals surface area contributed by atoms with E-state index in [9.17, 15) is 19.8 Å². The molecule has 2 N–H and O–H groups in total. The standard InChI is InChI=1S/C16H24N2O4S/c1-3-23-15-12(16(21)22)18-13(11(9(2)19)14(18)20)17(15)10-7-5-4-6-8-10/h9-11,13,19H,3-8H2,1-2H3,(H,21,22)/t9?,11-,13-/m1/s1. The van der Waals surface area contributed by atoms with Gasteiger partial charge in [-0.3, -0.25) is 9.69 Å².